The molecular formula is C21H28N4O9P2. The van der Waals surface area contributed by atoms with Crippen LogP contribution in [0.5, 0.6) is 0 Å². The molecule has 1 saturated heterocycles. The minimum Gasteiger partial charge on any atom is -0.387 e. The number of benzene rings is 1. The van der Waals surface area contributed by atoms with Crippen LogP contribution in [0, 0.1) is 6.92 Å². The topological polar surface area (TPSA) is 196 Å². The lowest BCUT2D eigenvalue weighted by molar-refractivity contribution is -0.0481. The van der Waals surface area contributed by atoms with Crippen LogP contribution in [0.2, 0.25) is 0 Å². The van der Waals surface area contributed by atoms with Gasteiger partial charge in [-0.05, 0) is 25.0 Å². The lowest BCUT2D eigenvalue weighted by Gasteiger charge is -2.18. The van der Waals surface area contributed by atoms with E-state index in [-0.39, 0.29) is 0 Å². The van der Waals surface area contributed by atoms with Gasteiger partial charge in [-0.2, -0.15) is 0 Å². The first-order valence-electron chi connectivity index (χ1n) is 11.1. The number of aryl methyl sites for hydroxylation is 1. The second kappa shape index (κ2) is 10.7. The van der Waals surface area contributed by atoms with E-state index in [0.29, 0.717) is 23.4 Å². The van der Waals surface area contributed by atoms with Crippen molar-refractivity contribution >= 4 is 32.0 Å². The van der Waals surface area contributed by atoms with Crippen molar-refractivity contribution in [1.29, 1.82) is 0 Å². The summed E-state index contributed by atoms with van der Waals surface area (Å²) in [7, 11) is -9.45. The molecule has 0 aliphatic carbocycles. The molecule has 1 aliphatic heterocycles. The number of fused-ring (bicyclic) bond motifs is 1. The van der Waals surface area contributed by atoms with Crippen molar-refractivity contribution < 1.29 is 43.3 Å². The highest BCUT2D eigenvalue weighted by molar-refractivity contribution is 7.70. The summed E-state index contributed by atoms with van der Waals surface area (Å²) in [6.07, 6.45) is -1.50. The molecule has 15 heteroatoms. The van der Waals surface area contributed by atoms with Gasteiger partial charge in [-0.15, -0.1) is 0 Å². The van der Waals surface area contributed by atoms with Crippen molar-refractivity contribution in [1.82, 2.24) is 14.5 Å². The van der Waals surface area contributed by atoms with E-state index in [2.05, 4.69) is 39.6 Å². The number of rotatable bonds is 10. The predicted octanol–water partition coefficient (Wildman–Crippen LogP) is 1.35. The Morgan fingerprint density at radius 2 is 1.81 bits per heavy atom. The summed E-state index contributed by atoms with van der Waals surface area (Å²) in [5.74, 6) is -0.786. The predicted molar refractivity (Wildman–Crippen MR) is 130 cm³/mol. The third-order valence-corrected chi connectivity index (χ3v) is 9.21. The molecule has 0 bridgehead atoms. The van der Waals surface area contributed by atoms with Gasteiger partial charge in [-0.1, -0.05) is 29.8 Å². The summed E-state index contributed by atoms with van der Waals surface area (Å²) in [6.45, 7) is 1.99. The van der Waals surface area contributed by atoms with Gasteiger partial charge in [-0.25, -0.2) is 9.97 Å². The van der Waals surface area contributed by atoms with E-state index >= 15 is 0 Å². The average Bonchev–Trinajstić information content (AvgIpc) is 3.34. The largest absolute Gasteiger partial charge is 0.387 e. The first kappa shape index (κ1) is 26.9. The number of ether oxygens (including phenoxy) is 1. The van der Waals surface area contributed by atoms with Gasteiger partial charge in [0, 0.05) is 12.7 Å². The molecule has 3 heterocycles. The molecule has 2 aromatic heterocycles. The SMILES string of the molecule is Cc1ccc(CCNc2ncnc3c2ccn3[C@@H]2O[C@H](COP(=O)(O)CP(=O)(O)O)C(O)[C@@H]2O)cc1. The van der Waals surface area contributed by atoms with Gasteiger partial charge in [0.25, 0.3) is 0 Å². The molecule has 5 atom stereocenters. The standard InChI is InChI=1S/C21H28N4O9P2/c1-13-2-4-14(5-3-13)6-8-22-19-15-7-9-25(20(15)24-11-23-19)21-18(27)17(26)16(34-21)10-33-36(31,32)12-35(28,29)30/h2-5,7,9,11,16-18,21,26-27H,6,8,10,12H2,1H3,(H,31,32)(H,22,23,24)(H2,28,29,30)/t16-,17?,18+,21-/m1/s1. The Balaban J connectivity index is 1.44. The third-order valence-electron chi connectivity index (χ3n) is 5.75. The normalized spacial score (nSPS) is 24.2. The zero-order valence-corrected chi connectivity index (χ0v) is 21.1. The molecule has 13 nitrogen and oxygen atoms in total. The second-order valence-electron chi connectivity index (χ2n) is 8.63. The van der Waals surface area contributed by atoms with Gasteiger partial charge in [0.15, 0.2) is 12.1 Å². The number of hydrogen-bond acceptors (Lipinski definition) is 9. The molecule has 1 aromatic carbocycles. The fourth-order valence-electron chi connectivity index (χ4n) is 3.96. The Kier molecular flexibility index (Phi) is 7.96. The van der Waals surface area contributed by atoms with Crippen LogP contribution in [-0.2, 0) is 24.8 Å². The summed E-state index contributed by atoms with van der Waals surface area (Å²) in [5.41, 5.74) is 2.79. The molecule has 1 aliphatic rings. The molecule has 4 rings (SSSR count). The molecular weight excluding hydrogens is 514 g/mol. The van der Waals surface area contributed by atoms with E-state index < -0.39 is 52.2 Å². The van der Waals surface area contributed by atoms with Gasteiger partial charge in [0.1, 0.15) is 36.1 Å². The molecule has 0 radical (unpaired) electrons. The van der Waals surface area contributed by atoms with Crippen molar-refractivity contribution in [3.63, 3.8) is 0 Å². The zero-order chi connectivity index (χ0) is 26.1. The summed E-state index contributed by atoms with van der Waals surface area (Å²) >= 11 is 0. The Hall–Kier alpha value is -2.18. The summed E-state index contributed by atoms with van der Waals surface area (Å²) in [4.78, 5) is 36.0. The maximum atomic E-state index is 11.9. The Morgan fingerprint density at radius 1 is 1.08 bits per heavy atom. The minimum atomic E-state index is -4.80. The van der Waals surface area contributed by atoms with Crippen LogP contribution in [0.3, 0.4) is 0 Å². The Labute approximate surface area is 206 Å². The maximum Gasteiger partial charge on any atom is 0.340 e. The fourth-order valence-corrected chi connectivity index (χ4v) is 6.53. The molecule has 3 aromatic rings. The van der Waals surface area contributed by atoms with Crippen molar-refractivity contribution in [3.8, 4) is 0 Å². The number of nitrogens with zero attached hydrogens (tertiary/aromatic N) is 3. The molecule has 196 valence electrons. The third kappa shape index (κ3) is 6.38. The number of aliphatic hydroxyl groups excluding tert-OH is 2. The molecule has 1 fully saturated rings. The zero-order valence-electron chi connectivity index (χ0n) is 19.3. The summed E-state index contributed by atoms with van der Waals surface area (Å²) in [6, 6.07) is 9.96. The molecule has 6 N–H and O–H groups in total. The van der Waals surface area contributed by atoms with Crippen LogP contribution in [-0.4, -0.2) is 76.8 Å². The van der Waals surface area contributed by atoms with Gasteiger partial charge in [-0.3, -0.25) is 9.13 Å². The highest BCUT2D eigenvalue weighted by atomic mass is 31.2. The first-order chi connectivity index (χ1) is 16.9. The first-order valence-corrected chi connectivity index (χ1v) is 14.6. The van der Waals surface area contributed by atoms with E-state index in [1.807, 2.05) is 6.92 Å². The maximum absolute atomic E-state index is 11.9. The smallest absolute Gasteiger partial charge is 0.340 e. The molecule has 0 amide bonds. The molecule has 0 spiro atoms. The molecule has 0 saturated carbocycles. The van der Waals surface area contributed by atoms with E-state index in [1.54, 1.807) is 12.3 Å². The summed E-state index contributed by atoms with van der Waals surface area (Å²) in [5, 5.41) is 24.9. The number of nitrogens with one attached hydrogen (secondary N) is 1. The minimum absolute atomic E-state index is 0.426. The van der Waals surface area contributed by atoms with Crippen LogP contribution in [0.25, 0.3) is 11.0 Å². The lowest BCUT2D eigenvalue weighted by Crippen LogP contribution is -2.33. The lowest BCUT2D eigenvalue weighted by atomic mass is 10.1. The van der Waals surface area contributed by atoms with Gasteiger partial charge in [0.2, 0.25) is 0 Å². The van der Waals surface area contributed by atoms with Gasteiger partial charge < -0.3 is 44.0 Å². The number of aromatic nitrogens is 3. The average molecular weight is 542 g/mol. The van der Waals surface area contributed by atoms with Crippen molar-refractivity contribution in [2.45, 2.75) is 37.9 Å². The monoisotopic (exact) mass is 542 g/mol. The number of hydrogen-bond donors (Lipinski definition) is 6. The van der Waals surface area contributed by atoms with E-state index in [1.165, 1.54) is 22.0 Å². The van der Waals surface area contributed by atoms with Gasteiger partial charge >= 0.3 is 15.2 Å². The molecule has 36 heavy (non-hydrogen) atoms. The Bertz CT molecular complexity index is 1300. The highest BCUT2D eigenvalue weighted by Gasteiger charge is 2.45. The summed E-state index contributed by atoms with van der Waals surface area (Å²) < 4.78 is 34.8. The second-order valence-corrected chi connectivity index (χ2v) is 12.6. The molecule has 2 unspecified atom stereocenters. The van der Waals surface area contributed by atoms with Crippen LogP contribution < -0.4 is 5.32 Å². The van der Waals surface area contributed by atoms with Crippen LogP contribution >= 0.6 is 15.2 Å². The van der Waals surface area contributed by atoms with E-state index in [9.17, 15) is 24.2 Å². The Morgan fingerprint density at radius 3 is 2.50 bits per heavy atom. The number of aliphatic hydroxyl groups is 2. The fraction of sp³-hybridized carbons (Fsp3) is 0.429. The van der Waals surface area contributed by atoms with E-state index in [0.717, 1.165) is 6.42 Å². The van der Waals surface area contributed by atoms with Crippen molar-refractivity contribution in [3.05, 3.63) is 54.0 Å². The van der Waals surface area contributed by atoms with Crippen LogP contribution in [0.1, 0.15) is 17.4 Å². The quantitative estimate of drug-likeness (QED) is 0.202. The van der Waals surface area contributed by atoms with Crippen LogP contribution in [0.15, 0.2) is 42.9 Å². The van der Waals surface area contributed by atoms with Crippen molar-refractivity contribution in [2.75, 3.05) is 24.4 Å². The van der Waals surface area contributed by atoms with Gasteiger partial charge in [0.05, 0.1) is 12.0 Å². The van der Waals surface area contributed by atoms with Crippen molar-refractivity contribution in [2.24, 2.45) is 0 Å². The highest BCUT2D eigenvalue weighted by Crippen LogP contribution is 2.55. The van der Waals surface area contributed by atoms with E-state index in [4.69, 9.17) is 19.0 Å². The van der Waals surface area contributed by atoms with Crippen LogP contribution in [0.4, 0.5) is 5.82 Å². The number of anilines is 1.